The lowest BCUT2D eigenvalue weighted by Gasteiger charge is -2.06. The maximum absolute atomic E-state index is 11.1. The van der Waals surface area contributed by atoms with Crippen LogP contribution in [0.15, 0.2) is 24.4 Å². The van der Waals surface area contributed by atoms with Gasteiger partial charge >= 0.3 is 0 Å². The first kappa shape index (κ1) is 10.6. The zero-order valence-corrected chi connectivity index (χ0v) is 10.0. The highest BCUT2D eigenvalue weighted by Crippen LogP contribution is 2.19. The molecule has 0 saturated heterocycles. The summed E-state index contributed by atoms with van der Waals surface area (Å²) in [6.07, 6.45) is 1.68. The molecule has 0 aliphatic heterocycles. The van der Waals surface area contributed by atoms with Crippen LogP contribution in [0.3, 0.4) is 0 Å². The lowest BCUT2D eigenvalue weighted by Crippen LogP contribution is -2.06. The Morgan fingerprint density at radius 1 is 1.33 bits per heavy atom. The molecule has 1 amide bonds. The molecule has 0 atom stereocenters. The van der Waals surface area contributed by atoms with E-state index in [0.29, 0.717) is 5.65 Å². The molecule has 0 bridgehead atoms. The normalized spacial score (nSPS) is 11.0. The Labute approximate surface area is 103 Å². The maximum Gasteiger partial charge on any atom is 0.221 e. The van der Waals surface area contributed by atoms with Crippen molar-refractivity contribution in [1.82, 2.24) is 19.6 Å². The topological polar surface area (TPSA) is 72.2 Å². The van der Waals surface area contributed by atoms with Gasteiger partial charge in [0.25, 0.3) is 0 Å². The summed E-state index contributed by atoms with van der Waals surface area (Å²) in [5, 5.41) is 10.8. The van der Waals surface area contributed by atoms with Gasteiger partial charge < -0.3 is 5.32 Å². The van der Waals surface area contributed by atoms with Crippen LogP contribution in [0.25, 0.3) is 16.7 Å². The van der Waals surface area contributed by atoms with E-state index >= 15 is 0 Å². The highest BCUT2D eigenvalue weighted by atomic mass is 16.1. The number of hydrogen-bond acceptors (Lipinski definition) is 4. The van der Waals surface area contributed by atoms with Crippen molar-refractivity contribution >= 4 is 28.3 Å². The van der Waals surface area contributed by atoms with Gasteiger partial charge in [0.1, 0.15) is 5.82 Å². The molecule has 1 aromatic carbocycles. The van der Waals surface area contributed by atoms with Gasteiger partial charge in [-0.05, 0) is 25.1 Å². The lowest BCUT2D eigenvalue weighted by atomic mass is 10.2. The minimum absolute atomic E-state index is 0.102. The highest BCUT2D eigenvalue weighted by Gasteiger charge is 2.07. The Morgan fingerprint density at radius 3 is 2.94 bits per heavy atom. The lowest BCUT2D eigenvalue weighted by molar-refractivity contribution is -0.114. The van der Waals surface area contributed by atoms with Crippen LogP contribution in [0.1, 0.15) is 12.7 Å². The summed E-state index contributed by atoms with van der Waals surface area (Å²) in [5.41, 5.74) is 3.14. The molecule has 18 heavy (non-hydrogen) atoms. The maximum atomic E-state index is 11.1. The summed E-state index contributed by atoms with van der Waals surface area (Å²) in [6.45, 7) is 3.36. The second-order valence-electron chi connectivity index (χ2n) is 4.08. The molecular weight excluding hydrogens is 230 g/mol. The number of carbonyl (C=O) groups excluding carboxylic acids is 1. The summed E-state index contributed by atoms with van der Waals surface area (Å²) in [7, 11) is 0. The Morgan fingerprint density at radius 2 is 2.17 bits per heavy atom. The molecule has 2 aromatic heterocycles. The number of nitrogens with zero attached hydrogens (tertiary/aromatic N) is 4. The van der Waals surface area contributed by atoms with Crippen LogP contribution in [0.2, 0.25) is 0 Å². The quantitative estimate of drug-likeness (QED) is 0.701. The molecule has 0 spiro atoms. The van der Waals surface area contributed by atoms with Crippen molar-refractivity contribution in [2.24, 2.45) is 0 Å². The van der Waals surface area contributed by atoms with E-state index in [1.807, 2.05) is 29.5 Å². The van der Waals surface area contributed by atoms with Crippen molar-refractivity contribution in [2.75, 3.05) is 5.32 Å². The molecule has 6 heteroatoms. The summed E-state index contributed by atoms with van der Waals surface area (Å²) >= 11 is 0. The number of nitrogens with one attached hydrogen (secondary N) is 1. The average Bonchev–Trinajstić information content (AvgIpc) is 2.70. The number of fused-ring (bicyclic) bond motifs is 3. The number of anilines is 1. The van der Waals surface area contributed by atoms with Crippen LogP contribution in [-0.2, 0) is 4.79 Å². The third-order valence-electron chi connectivity index (χ3n) is 2.71. The highest BCUT2D eigenvalue weighted by molar-refractivity contribution is 5.91. The second kappa shape index (κ2) is 3.76. The smallest absolute Gasteiger partial charge is 0.221 e. The fourth-order valence-electron chi connectivity index (χ4n) is 1.98. The fourth-order valence-corrected chi connectivity index (χ4v) is 1.98. The first-order chi connectivity index (χ1) is 8.65. The van der Waals surface area contributed by atoms with Crippen LogP contribution >= 0.6 is 0 Å². The van der Waals surface area contributed by atoms with Crippen LogP contribution in [0, 0.1) is 6.92 Å². The van der Waals surface area contributed by atoms with E-state index in [2.05, 4.69) is 20.5 Å². The number of hydrogen-bond donors (Lipinski definition) is 1. The predicted octanol–water partition coefficient (Wildman–Crippen LogP) is 1.54. The fraction of sp³-hybridized carbons (Fsp3) is 0.167. The second-order valence-corrected chi connectivity index (χ2v) is 4.08. The van der Waals surface area contributed by atoms with E-state index in [0.717, 1.165) is 22.5 Å². The van der Waals surface area contributed by atoms with Crippen LogP contribution in [-0.4, -0.2) is 25.5 Å². The summed E-state index contributed by atoms with van der Waals surface area (Å²) in [4.78, 5) is 15.4. The van der Waals surface area contributed by atoms with Gasteiger partial charge in [-0.3, -0.25) is 14.2 Å². The first-order valence-electron chi connectivity index (χ1n) is 5.53. The first-order valence-corrected chi connectivity index (χ1v) is 5.53. The Bertz CT molecular complexity index is 762. The predicted molar refractivity (Wildman–Crippen MR) is 67.3 cm³/mol. The number of aromatic nitrogens is 4. The number of benzene rings is 1. The largest absolute Gasteiger partial charge is 0.326 e. The summed E-state index contributed by atoms with van der Waals surface area (Å²) in [6, 6.07) is 5.55. The van der Waals surface area contributed by atoms with Crippen molar-refractivity contribution < 1.29 is 4.79 Å². The molecule has 0 aliphatic rings. The van der Waals surface area contributed by atoms with Gasteiger partial charge in [-0.2, -0.15) is 0 Å². The van der Waals surface area contributed by atoms with E-state index in [1.54, 1.807) is 6.20 Å². The molecule has 3 aromatic rings. The monoisotopic (exact) mass is 241 g/mol. The van der Waals surface area contributed by atoms with Gasteiger partial charge in [0.2, 0.25) is 5.91 Å². The van der Waals surface area contributed by atoms with Gasteiger partial charge in [0.15, 0.2) is 5.65 Å². The molecule has 0 saturated carbocycles. The third-order valence-corrected chi connectivity index (χ3v) is 2.71. The van der Waals surface area contributed by atoms with E-state index in [-0.39, 0.29) is 5.91 Å². The van der Waals surface area contributed by atoms with Gasteiger partial charge in [-0.25, -0.2) is 0 Å². The molecule has 1 N–H and O–H groups in total. The van der Waals surface area contributed by atoms with E-state index < -0.39 is 0 Å². The standard InChI is InChI=1S/C12H11N5O/c1-7-15-16-12-6-13-10-4-3-9(14-8(2)18)5-11(10)17(7)12/h3-6H,1-2H3,(H,14,18). The summed E-state index contributed by atoms with van der Waals surface area (Å²) < 4.78 is 1.91. The van der Waals surface area contributed by atoms with Crippen LogP contribution in [0.4, 0.5) is 5.69 Å². The Hall–Kier alpha value is -2.50. The van der Waals surface area contributed by atoms with E-state index in [9.17, 15) is 4.79 Å². The van der Waals surface area contributed by atoms with Gasteiger partial charge in [-0.1, -0.05) is 0 Å². The molecule has 0 radical (unpaired) electrons. The number of amides is 1. The molecule has 2 heterocycles. The number of aryl methyl sites for hydroxylation is 1. The average molecular weight is 241 g/mol. The van der Waals surface area contributed by atoms with Gasteiger partial charge in [-0.15, -0.1) is 10.2 Å². The molecular formula is C12H11N5O. The van der Waals surface area contributed by atoms with Crippen molar-refractivity contribution in [2.45, 2.75) is 13.8 Å². The zero-order chi connectivity index (χ0) is 12.7. The van der Waals surface area contributed by atoms with Crippen LogP contribution in [0.5, 0.6) is 0 Å². The summed E-state index contributed by atoms with van der Waals surface area (Å²) in [5.74, 6) is 0.687. The van der Waals surface area contributed by atoms with Crippen molar-refractivity contribution in [1.29, 1.82) is 0 Å². The molecule has 90 valence electrons. The SMILES string of the molecule is CC(=O)Nc1ccc2ncc3nnc(C)n3c2c1. The van der Waals surface area contributed by atoms with Crippen molar-refractivity contribution in [3.63, 3.8) is 0 Å². The van der Waals surface area contributed by atoms with Crippen LogP contribution < -0.4 is 5.32 Å². The van der Waals surface area contributed by atoms with Gasteiger partial charge in [0, 0.05) is 12.6 Å². The molecule has 0 aliphatic carbocycles. The van der Waals surface area contributed by atoms with Gasteiger partial charge in [0.05, 0.1) is 17.2 Å². The van der Waals surface area contributed by atoms with Crippen molar-refractivity contribution in [3.8, 4) is 0 Å². The third kappa shape index (κ3) is 1.58. The minimum atomic E-state index is -0.102. The van der Waals surface area contributed by atoms with Crippen molar-refractivity contribution in [3.05, 3.63) is 30.2 Å². The van der Waals surface area contributed by atoms with E-state index in [4.69, 9.17) is 0 Å². The molecule has 3 rings (SSSR count). The minimum Gasteiger partial charge on any atom is -0.326 e. The molecule has 6 nitrogen and oxygen atoms in total. The molecule has 0 fully saturated rings. The Balaban J connectivity index is 2.32. The zero-order valence-electron chi connectivity index (χ0n) is 10.0. The Kier molecular flexibility index (Phi) is 2.22. The number of carbonyl (C=O) groups is 1. The number of rotatable bonds is 1. The molecule has 0 unspecified atom stereocenters. The van der Waals surface area contributed by atoms with E-state index in [1.165, 1.54) is 6.92 Å².